The van der Waals surface area contributed by atoms with Crippen molar-refractivity contribution in [3.05, 3.63) is 26.9 Å². The average molecular weight is 347 g/mol. The number of nitrogens with zero attached hydrogens (tertiary/aromatic N) is 2. The van der Waals surface area contributed by atoms with Gasteiger partial charge < -0.3 is 5.32 Å². The van der Waals surface area contributed by atoms with Gasteiger partial charge in [-0.3, -0.25) is 14.8 Å². The zero-order chi connectivity index (χ0) is 11.9. The van der Waals surface area contributed by atoms with Crippen LogP contribution in [0.1, 0.15) is 19.5 Å². The molecule has 4 nitrogen and oxygen atoms in total. The van der Waals surface area contributed by atoms with Crippen LogP contribution in [0.3, 0.4) is 0 Å². The van der Waals surface area contributed by atoms with Gasteiger partial charge in [0, 0.05) is 15.1 Å². The van der Waals surface area contributed by atoms with Gasteiger partial charge in [-0.05, 0) is 51.8 Å². The Morgan fingerprint density at radius 3 is 2.56 bits per heavy atom. The Labute approximate surface area is 110 Å². The molecule has 1 aliphatic rings. The molecule has 6 heteroatoms. The van der Waals surface area contributed by atoms with Gasteiger partial charge in [0.05, 0.1) is 0 Å². The summed E-state index contributed by atoms with van der Waals surface area (Å²) in [6, 6.07) is 1.86. The summed E-state index contributed by atoms with van der Waals surface area (Å²) in [6.45, 7) is 3.53. The molecule has 0 bridgehead atoms. The van der Waals surface area contributed by atoms with Crippen LogP contribution in [0.2, 0.25) is 0 Å². The number of amides is 1. The summed E-state index contributed by atoms with van der Waals surface area (Å²) in [5.74, 6) is 0.397. The van der Waals surface area contributed by atoms with Crippen molar-refractivity contribution in [2.75, 3.05) is 0 Å². The lowest BCUT2D eigenvalue weighted by Gasteiger charge is -2.07. The van der Waals surface area contributed by atoms with E-state index >= 15 is 0 Å². The van der Waals surface area contributed by atoms with E-state index in [0.29, 0.717) is 11.5 Å². The molecule has 16 heavy (non-hydrogen) atoms. The molecule has 0 saturated carbocycles. The van der Waals surface area contributed by atoms with Crippen LogP contribution in [0.4, 0.5) is 0 Å². The molecule has 0 aromatic carbocycles. The van der Waals surface area contributed by atoms with E-state index in [1.165, 1.54) is 0 Å². The van der Waals surface area contributed by atoms with E-state index in [9.17, 15) is 4.79 Å². The van der Waals surface area contributed by atoms with Crippen molar-refractivity contribution >= 4 is 43.6 Å². The fraction of sp³-hybridized carbons (Fsp3) is 0.300. The van der Waals surface area contributed by atoms with E-state index in [2.05, 4.69) is 47.2 Å². The van der Waals surface area contributed by atoms with Crippen molar-refractivity contribution in [2.24, 2.45) is 4.99 Å². The van der Waals surface area contributed by atoms with Gasteiger partial charge in [-0.25, -0.2) is 0 Å². The van der Waals surface area contributed by atoms with Gasteiger partial charge in [0.25, 0.3) is 5.91 Å². The number of carbonyl (C=O) groups is 1. The van der Waals surface area contributed by atoms with Crippen LogP contribution < -0.4 is 5.32 Å². The minimum atomic E-state index is -0.719. The highest BCUT2D eigenvalue weighted by Crippen LogP contribution is 2.23. The van der Waals surface area contributed by atoms with Gasteiger partial charge in [-0.2, -0.15) is 0 Å². The molecule has 1 aromatic heterocycles. The van der Waals surface area contributed by atoms with Crippen molar-refractivity contribution in [3.63, 3.8) is 0 Å². The standard InChI is InChI=1S/C10H9Br2N3O/c1-10(2)9(16)14-8(15-10)7-6(12)3-5(11)4-13-7/h3-4H,1-2H3,(H,14,15,16). The van der Waals surface area contributed by atoms with Crippen LogP contribution in [-0.2, 0) is 4.79 Å². The Balaban J connectivity index is 2.44. The number of hydrogen-bond donors (Lipinski definition) is 1. The summed E-state index contributed by atoms with van der Waals surface area (Å²) in [4.78, 5) is 20.1. The molecule has 1 aromatic rings. The fourth-order valence-corrected chi connectivity index (χ4v) is 2.49. The van der Waals surface area contributed by atoms with Crippen molar-refractivity contribution < 1.29 is 4.79 Å². The van der Waals surface area contributed by atoms with Crippen LogP contribution in [0, 0.1) is 0 Å². The second-order valence-electron chi connectivity index (χ2n) is 3.96. The van der Waals surface area contributed by atoms with Gasteiger partial charge in [0.15, 0.2) is 5.84 Å². The number of halogens is 2. The molecule has 0 fully saturated rings. The van der Waals surface area contributed by atoms with Crippen molar-refractivity contribution in [1.29, 1.82) is 0 Å². The lowest BCUT2D eigenvalue weighted by Crippen LogP contribution is -2.34. The molecule has 1 amide bonds. The SMILES string of the molecule is CC1(C)N=C(c2ncc(Br)cc2Br)NC1=O. The topological polar surface area (TPSA) is 54.4 Å². The Hall–Kier alpha value is -0.750. The summed E-state index contributed by atoms with van der Waals surface area (Å²) < 4.78 is 1.66. The fourth-order valence-electron chi connectivity index (χ4n) is 1.32. The molecule has 1 aliphatic heterocycles. The van der Waals surface area contributed by atoms with E-state index in [-0.39, 0.29) is 5.91 Å². The minimum Gasteiger partial charge on any atom is -0.307 e. The number of rotatable bonds is 1. The van der Waals surface area contributed by atoms with Crippen molar-refractivity contribution in [2.45, 2.75) is 19.4 Å². The van der Waals surface area contributed by atoms with Gasteiger partial charge in [0.1, 0.15) is 11.2 Å². The first kappa shape index (κ1) is 11.7. The number of hydrogen-bond acceptors (Lipinski definition) is 3. The number of nitrogens with one attached hydrogen (secondary N) is 1. The number of aliphatic imine (C=N–C) groups is 1. The van der Waals surface area contributed by atoms with Crippen LogP contribution in [-0.4, -0.2) is 22.3 Å². The van der Waals surface area contributed by atoms with Crippen LogP contribution in [0.25, 0.3) is 0 Å². The molecule has 0 atom stereocenters. The number of amidine groups is 1. The van der Waals surface area contributed by atoms with Gasteiger partial charge >= 0.3 is 0 Å². The lowest BCUT2D eigenvalue weighted by molar-refractivity contribution is -0.122. The summed E-state index contributed by atoms with van der Waals surface area (Å²) in [7, 11) is 0. The molecule has 0 radical (unpaired) electrons. The molecular weight excluding hydrogens is 338 g/mol. The largest absolute Gasteiger partial charge is 0.307 e. The maximum absolute atomic E-state index is 11.6. The minimum absolute atomic E-state index is 0.112. The second-order valence-corrected chi connectivity index (χ2v) is 5.73. The smallest absolute Gasteiger partial charge is 0.252 e. The third kappa shape index (κ3) is 2.04. The predicted molar refractivity (Wildman–Crippen MR) is 68.4 cm³/mol. The number of aromatic nitrogens is 1. The first-order valence-electron chi connectivity index (χ1n) is 4.63. The molecule has 1 N–H and O–H groups in total. The predicted octanol–water partition coefficient (Wildman–Crippen LogP) is 2.26. The van der Waals surface area contributed by atoms with E-state index in [1.54, 1.807) is 20.0 Å². The van der Waals surface area contributed by atoms with Crippen molar-refractivity contribution in [3.8, 4) is 0 Å². The molecular formula is C10H9Br2N3O. The van der Waals surface area contributed by atoms with Gasteiger partial charge in [-0.15, -0.1) is 0 Å². The summed E-state index contributed by atoms with van der Waals surface area (Å²) in [6.07, 6.45) is 1.67. The maximum Gasteiger partial charge on any atom is 0.252 e. The van der Waals surface area contributed by atoms with Gasteiger partial charge in [0.2, 0.25) is 0 Å². The average Bonchev–Trinajstić information content (AvgIpc) is 2.40. The molecule has 2 rings (SSSR count). The van der Waals surface area contributed by atoms with E-state index < -0.39 is 5.54 Å². The zero-order valence-electron chi connectivity index (χ0n) is 8.71. The third-order valence-corrected chi connectivity index (χ3v) is 3.25. The van der Waals surface area contributed by atoms with E-state index in [1.807, 2.05) is 6.07 Å². The maximum atomic E-state index is 11.6. The zero-order valence-corrected chi connectivity index (χ0v) is 11.9. The lowest BCUT2D eigenvalue weighted by atomic mass is 10.1. The first-order chi connectivity index (χ1) is 7.40. The Morgan fingerprint density at radius 1 is 1.38 bits per heavy atom. The van der Waals surface area contributed by atoms with Crippen LogP contribution in [0.15, 0.2) is 26.2 Å². The Morgan fingerprint density at radius 2 is 2.06 bits per heavy atom. The highest BCUT2D eigenvalue weighted by atomic mass is 79.9. The molecule has 2 heterocycles. The first-order valence-corrected chi connectivity index (χ1v) is 6.21. The molecule has 0 spiro atoms. The molecule has 0 saturated heterocycles. The van der Waals surface area contributed by atoms with E-state index in [4.69, 9.17) is 0 Å². The molecule has 0 aliphatic carbocycles. The highest BCUT2D eigenvalue weighted by molar-refractivity contribution is 9.11. The summed E-state index contributed by atoms with van der Waals surface area (Å²) in [5.41, 5.74) is -0.0779. The summed E-state index contributed by atoms with van der Waals surface area (Å²) >= 11 is 6.71. The van der Waals surface area contributed by atoms with Crippen molar-refractivity contribution in [1.82, 2.24) is 10.3 Å². The van der Waals surface area contributed by atoms with Gasteiger partial charge in [-0.1, -0.05) is 0 Å². The monoisotopic (exact) mass is 345 g/mol. The number of carbonyl (C=O) groups excluding carboxylic acids is 1. The molecule has 84 valence electrons. The van der Waals surface area contributed by atoms with E-state index in [0.717, 1.165) is 8.95 Å². The third-order valence-electron chi connectivity index (χ3n) is 2.21. The normalized spacial score (nSPS) is 18.2. The molecule has 0 unspecified atom stereocenters. The number of pyridine rings is 1. The second kappa shape index (κ2) is 3.92. The van der Waals surface area contributed by atoms with Crippen LogP contribution in [0.5, 0.6) is 0 Å². The quantitative estimate of drug-likeness (QED) is 0.848. The Kier molecular flexibility index (Phi) is 2.88. The Bertz CT molecular complexity index is 497. The van der Waals surface area contributed by atoms with Crippen LogP contribution >= 0.6 is 31.9 Å². The summed E-state index contributed by atoms with van der Waals surface area (Å²) in [5, 5.41) is 2.72. The highest BCUT2D eigenvalue weighted by Gasteiger charge is 2.35.